The first-order chi connectivity index (χ1) is 9.81. The first-order valence-corrected chi connectivity index (χ1v) is 7.25. The van der Waals surface area contributed by atoms with E-state index in [1.165, 1.54) is 5.56 Å². The molecule has 1 saturated heterocycles. The van der Waals surface area contributed by atoms with Gasteiger partial charge in [0.25, 0.3) is 0 Å². The lowest BCUT2D eigenvalue weighted by atomic mass is 10.1. The molecular formula is C16H23N3O. The molecule has 0 saturated carbocycles. The maximum absolute atomic E-state index is 12.0. The van der Waals surface area contributed by atoms with Crippen molar-refractivity contribution in [3.05, 3.63) is 42.0 Å². The van der Waals surface area contributed by atoms with Crippen LogP contribution in [-0.4, -0.2) is 49.6 Å². The summed E-state index contributed by atoms with van der Waals surface area (Å²) >= 11 is 0. The van der Waals surface area contributed by atoms with E-state index in [0.29, 0.717) is 6.54 Å². The number of carbonyl (C=O) groups excluding carboxylic acids is 1. The van der Waals surface area contributed by atoms with Gasteiger partial charge in [-0.2, -0.15) is 0 Å². The lowest BCUT2D eigenvalue weighted by Crippen LogP contribution is -2.57. The van der Waals surface area contributed by atoms with Gasteiger partial charge in [-0.05, 0) is 12.5 Å². The monoisotopic (exact) mass is 273 g/mol. The summed E-state index contributed by atoms with van der Waals surface area (Å²) in [5.74, 6) is 0.118. The molecule has 1 aromatic rings. The fourth-order valence-corrected chi connectivity index (χ4v) is 2.40. The van der Waals surface area contributed by atoms with Crippen molar-refractivity contribution in [2.24, 2.45) is 0 Å². The smallest absolute Gasteiger partial charge is 0.238 e. The van der Waals surface area contributed by atoms with Crippen LogP contribution in [0.2, 0.25) is 0 Å². The third kappa shape index (κ3) is 4.18. The molecule has 1 unspecified atom stereocenters. The lowest BCUT2D eigenvalue weighted by Gasteiger charge is -2.34. The van der Waals surface area contributed by atoms with Crippen LogP contribution in [0.3, 0.4) is 0 Å². The summed E-state index contributed by atoms with van der Waals surface area (Å²) in [6, 6.07) is 10.2. The topological polar surface area (TPSA) is 44.4 Å². The van der Waals surface area contributed by atoms with Crippen molar-refractivity contribution in [3.63, 3.8) is 0 Å². The van der Waals surface area contributed by atoms with Crippen LogP contribution in [0, 0.1) is 0 Å². The summed E-state index contributed by atoms with van der Waals surface area (Å²) in [4.78, 5) is 14.2. The number of amides is 1. The molecule has 108 valence electrons. The predicted molar refractivity (Wildman–Crippen MR) is 82.4 cm³/mol. The fourth-order valence-electron chi connectivity index (χ4n) is 2.40. The largest absolute Gasteiger partial charge is 0.355 e. The number of nitrogens with one attached hydrogen (secondary N) is 2. The number of rotatable bonds is 5. The van der Waals surface area contributed by atoms with E-state index in [9.17, 15) is 4.79 Å². The number of benzene rings is 1. The predicted octanol–water partition coefficient (Wildman–Crippen LogP) is 1.11. The Bertz CT molecular complexity index is 444. The standard InChI is InChI=1S/C16H23N3O/c1-2-18-16(20)15-13-17-10-12-19(15)11-6-9-14-7-4-3-5-8-14/h3-9,15,17H,2,10-13H2,1H3,(H,18,20). The van der Waals surface area contributed by atoms with Crippen LogP contribution >= 0.6 is 0 Å². The second-order valence-corrected chi connectivity index (χ2v) is 4.92. The van der Waals surface area contributed by atoms with Crippen LogP contribution < -0.4 is 10.6 Å². The Hall–Kier alpha value is -1.65. The summed E-state index contributed by atoms with van der Waals surface area (Å²) in [6.45, 7) is 6.01. The molecule has 2 rings (SSSR count). The Morgan fingerprint density at radius 3 is 3.00 bits per heavy atom. The average Bonchev–Trinajstić information content (AvgIpc) is 2.49. The SMILES string of the molecule is CCNC(=O)C1CNCCN1CC=Cc1ccccc1. The van der Waals surface area contributed by atoms with Gasteiger partial charge in [-0.3, -0.25) is 9.69 Å². The van der Waals surface area contributed by atoms with E-state index < -0.39 is 0 Å². The van der Waals surface area contributed by atoms with Crippen LogP contribution in [0.15, 0.2) is 36.4 Å². The number of nitrogens with zero attached hydrogens (tertiary/aromatic N) is 1. The highest BCUT2D eigenvalue weighted by Crippen LogP contribution is 2.06. The molecule has 4 nitrogen and oxygen atoms in total. The molecule has 0 aromatic heterocycles. The van der Waals surface area contributed by atoms with Crippen molar-refractivity contribution in [1.29, 1.82) is 0 Å². The van der Waals surface area contributed by atoms with Crippen molar-refractivity contribution >= 4 is 12.0 Å². The van der Waals surface area contributed by atoms with E-state index in [0.717, 1.165) is 26.2 Å². The molecule has 0 spiro atoms. The van der Waals surface area contributed by atoms with Gasteiger partial charge < -0.3 is 10.6 Å². The van der Waals surface area contributed by atoms with Gasteiger partial charge in [0.1, 0.15) is 6.04 Å². The Morgan fingerprint density at radius 2 is 2.25 bits per heavy atom. The van der Waals surface area contributed by atoms with E-state index in [4.69, 9.17) is 0 Å². The number of hydrogen-bond donors (Lipinski definition) is 2. The van der Waals surface area contributed by atoms with Gasteiger partial charge in [0.05, 0.1) is 0 Å². The Balaban J connectivity index is 1.92. The Morgan fingerprint density at radius 1 is 1.45 bits per heavy atom. The molecule has 2 N–H and O–H groups in total. The summed E-state index contributed by atoms with van der Waals surface area (Å²) in [7, 11) is 0. The van der Waals surface area contributed by atoms with Crippen LogP contribution in [0.5, 0.6) is 0 Å². The normalized spacial score (nSPS) is 20.1. The summed E-state index contributed by atoms with van der Waals surface area (Å²) in [6.07, 6.45) is 4.24. The summed E-state index contributed by atoms with van der Waals surface area (Å²) in [5.41, 5.74) is 1.19. The molecule has 1 atom stereocenters. The molecule has 1 aromatic carbocycles. The molecule has 0 radical (unpaired) electrons. The van der Waals surface area contributed by atoms with Crippen LogP contribution in [0.25, 0.3) is 6.08 Å². The molecule has 4 heteroatoms. The maximum Gasteiger partial charge on any atom is 0.238 e. The highest BCUT2D eigenvalue weighted by atomic mass is 16.2. The van der Waals surface area contributed by atoms with E-state index in [2.05, 4.69) is 39.8 Å². The minimum atomic E-state index is -0.0656. The van der Waals surface area contributed by atoms with Gasteiger partial charge in [-0.25, -0.2) is 0 Å². The molecule has 1 amide bonds. The van der Waals surface area contributed by atoms with Gasteiger partial charge in [0, 0.05) is 32.7 Å². The Labute approximate surface area is 120 Å². The quantitative estimate of drug-likeness (QED) is 0.845. The third-order valence-corrected chi connectivity index (χ3v) is 3.46. The highest BCUT2D eigenvalue weighted by Gasteiger charge is 2.26. The van der Waals surface area contributed by atoms with E-state index in [-0.39, 0.29) is 11.9 Å². The van der Waals surface area contributed by atoms with Crippen molar-refractivity contribution in [2.45, 2.75) is 13.0 Å². The lowest BCUT2D eigenvalue weighted by molar-refractivity contribution is -0.126. The van der Waals surface area contributed by atoms with E-state index in [1.807, 2.05) is 25.1 Å². The van der Waals surface area contributed by atoms with Gasteiger partial charge in [0.15, 0.2) is 0 Å². The molecule has 0 aliphatic carbocycles. The molecule has 0 bridgehead atoms. The minimum absolute atomic E-state index is 0.0656. The molecule has 20 heavy (non-hydrogen) atoms. The fraction of sp³-hybridized carbons (Fsp3) is 0.438. The highest BCUT2D eigenvalue weighted by molar-refractivity contribution is 5.82. The van der Waals surface area contributed by atoms with Crippen LogP contribution in [-0.2, 0) is 4.79 Å². The second kappa shape index (κ2) is 7.82. The number of carbonyl (C=O) groups is 1. The van der Waals surface area contributed by atoms with E-state index in [1.54, 1.807) is 0 Å². The second-order valence-electron chi connectivity index (χ2n) is 4.92. The first kappa shape index (κ1) is 14.8. The molecule has 1 aliphatic heterocycles. The van der Waals surface area contributed by atoms with Crippen LogP contribution in [0.1, 0.15) is 12.5 Å². The van der Waals surface area contributed by atoms with Gasteiger partial charge in [-0.15, -0.1) is 0 Å². The summed E-state index contributed by atoms with van der Waals surface area (Å²) < 4.78 is 0. The van der Waals surface area contributed by atoms with Gasteiger partial charge in [0.2, 0.25) is 5.91 Å². The first-order valence-electron chi connectivity index (χ1n) is 7.25. The minimum Gasteiger partial charge on any atom is -0.355 e. The number of hydrogen-bond acceptors (Lipinski definition) is 3. The molecular weight excluding hydrogens is 250 g/mol. The third-order valence-electron chi connectivity index (χ3n) is 3.46. The zero-order valence-electron chi connectivity index (χ0n) is 12.0. The van der Waals surface area contributed by atoms with Crippen molar-refractivity contribution in [3.8, 4) is 0 Å². The average molecular weight is 273 g/mol. The molecule has 1 fully saturated rings. The Kier molecular flexibility index (Phi) is 5.77. The van der Waals surface area contributed by atoms with Gasteiger partial charge in [-0.1, -0.05) is 42.5 Å². The van der Waals surface area contributed by atoms with Crippen LogP contribution in [0.4, 0.5) is 0 Å². The maximum atomic E-state index is 12.0. The van der Waals surface area contributed by atoms with Crippen molar-refractivity contribution in [1.82, 2.24) is 15.5 Å². The number of piperazine rings is 1. The molecule has 1 heterocycles. The number of likely N-dealkylation sites (N-methyl/N-ethyl adjacent to an activating group) is 1. The zero-order valence-corrected chi connectivity index (χ0v) is 12.0. The van der Waals surface area contributed by atoms with Crippen molar-refractivity contribution < 1.29 is 4.79 Å². The van der Waals surface area contributed by atoms with Crippen molar-refractivity contribution in [2.75, 3.05) is 32.7 Å². The molecule has 1 aliphatic rings. The zero-order chi connectivity index (χ0) is 14.2. The summed E-state index contributed by atoms with van der Waals surface area (Å²) in [5, 5.41) is 6.19. The van der Waals surface area contributed by atoms with E-state index >= 15 is 0 Å². The van der Waals surface area contributed by atoms with Gasteiger partial charge >= 0.3 is 0 Å².